The van der Waals surface area contributed by atoms with Gasteiger partial charge in [0.1, 0.15) is 0 Å². The van der Waals surface area contributed by atoms with Crippen LogP contribution in [0.3, 0.4) is 0 Å². The summed E-state index contributed by atoms with van der Waals surface area (Å²) in [5.41, 5.74) is 1.55. The summed E-state index contributed by atoms with van der Waals surface area (Å²) in [4.78, 5) is 11.8. The number of nitrogens with one attached hydrogen (secondary N) is 1. The Morgan fingerprint density at radius 3 is 2.50 bits per heavy atom. The molecule has 20 heavy (non-hydrogen) atoms. The van der Waals surface area contributed by atoms with Gasteiger partial charge in [-0.25, -0.2) is 4.79 Å². The number of carbonyl (C=O) groups excluding carboxylic acids is 1. The fourth-order valence-electron chi connectivity index (χ4n) is 2.93. The van der Waals surface area contributed by atoms with Gasteiger partial charge in [-0.15, -0.1) is 0 Å². The van der Waals surface area contributed by atoms with E-state index in [1.807, 2.05) is 30.3 Å². The molecule has 0 aromatic heterocycles. The minimum absolute atomic E-state index is 0.0369. The first-order valence-electron chi connectivity index (χ1n) is 7.31. The number of rotatable bonds is 5. The van der Waals surface area contributed by atoms with Gasteiger partial charge in [-0.2, -0.15) is 0 Å². The highest BCUT2D eigenvalue weighted by Crippen LogP contribution is 2.31. The maximum absolute atomic E-state index is 11.8. The summed E-state index contributed by atoms with van der Waals surface area (Å²) in [6.45, 7) is 3.96. The van der Waals surface area contributed by atoms with E-state index < -0.39 is 0 Å². The summed E-state index contributed by atoms with van der Waals surface area (Å²) >= 11 is 0. The van der Waals surface area contributed by atoms with Crippen LogP contribution in [0.25, 0.3) is 0 Å². The second-order valence-corrected chi connectivity index (χ2v) is 5.40. The molecular formula is C17H23NO2. The van der Waals surface area contributed by atoms with Crippen molar-refractivity contribution in [2.45, 2.75) is 38.1 Å². The molecule has 0 aliphatic heterocycles. The average molecular weight is 273 g/mol. The molecule has 0 unspecified atom stereocenters. The monoisotopic (exact) mass is 273 g/mol. The number of benzene rings is 1. The van der Waals surface area contributed by atoms with Crippen LogP contribution in [-0.4, -0.2) is 19.1 Å². The lowest BCUT2D eigenvalue weighted by atomic mass is 9.81. The van der Waals surface area contributed by atoms with E-state index in [2.05, 4.69) is 11.9 Å². The molecule has 1 atom stereocenters. The van der Waals surface area contributed by atoms with Gasteiger partial charge in [0.2, 0.25) is 0 Å². The minimum atomic E-state index is -0.316. The first-order chi connectivity index (χ1) is 9.72. The van der Waals surface area contributed by atoms with E-state index in [0.717, 1.165) is 18.5 Å². The molecule has 108 valence electrons. The van der Waals surface area contributed by atoms with E-state index in [4.69, 9.17) is 4.74 Å². The SMILES string of the molecule is C=C(C(=O)OC)[C@H](Nc1ccccc1)C1CCCCC1. The van der Waals surface area contributed by atoms with Crippen molar-refractivity contribution in [3.63, 3.8) is 0 Å². The zero-order valence-corrected chi connectivity index (χ0v) is 12.1. The fraction of sp³-hybridized carbons (Fsp3) is 0.471. The van der Waals surface area contributed by atoms with Gasteiger partial charge in [0.05, 0.1) is 18.7 Å². The summed E-state index contributed by atoms with van der Waals surface area (Å²) in [6, 6.07) is 9.95. The molecule has 1 N–H and O–H groups in total. The van der Waals surface area contributed by atoms with E-state index in [1.54, 1.807) is 0 Å². The van der Waals surface area contributed by atoms with Crippen molar-refractivity contribution in [3.8, 4) is 0 Å². The standard InChI is InChI=1S/C17H23NO2/c1-13(17(19)20-2)16(14-9-5-3-6-10-14)18-15-11-7-4-8-12-15/h4,7-8,11-12,14,16,18H,1,3,5-6,9-10H2,2H3/t16-/m0/s1. The average Bonchev–Trinajstić information content (AvgIpc) is 2.53. The molecule has 0 radical (unpaired) electrons. The molecule has 1 aliphatic rings. The summed E-state index contributed by atoms with van der Waals surface area (Å²) in [5.74, 6) is 0.138. The number of ether oxygens (including phenoxy) is 1. The van der Waals surface area contributed by atoms with Crippen molar-refractivity contribution in [2.75, 3.05) is 12.4 Å². The molecule has 0 amide bonds. The lowest BCUT2D eigenvalue weighted by Gasteiger charge is -2.32. The van der Waals surface area contributed by atoms with Crippen LogP contribution in [0.5, 0.6) is 0 Å². The Kier molecular flexibility index (Phi) is 5.22. The van der Waals surface area contributed by atoms with Gasteiger partial charge in [-0.1, -0.05) is 44.0 Å². The number of methoxy groups -OCH3 is 1. The first kappa shape index (κ1) is 14.6. The zero-order chi connectivity index (χ0) is 14.4. The largest absolute Gasteiger partial charge is 0.466 e. The lowest BCUT2D eigenvalue weighted by Crippen LogP contribution is -2.35. The number of para-hydroxylation sites is 1. The van der Waals surface area contributed by atoms with Gasteiger partial charge >= 0.3 is 5.97 Å². The second-order valence-electron chi connectivity index (χ2n) is 5.40. The molecule has 2 rings (SSSR count). The molecule has 1 fully saturated rings. The molecular weight excluding hydrogens is 250 g/mol. The molecule has 0 heterocycles. The number of hydrogen-bond donors (Lipinski definition) is 1. The molecule has 0 bridgehead atoms. The summed E-state index contributed by atoms with van der Waals surface area (Å²) in [7, 11) is 1.41. The van der Waals surface area contributed by atoms with Crippen molar-refractivity contribution < 1.29 is 9.53 Å². The van der Waals surface area contributed by atoms with Gasteiger partial charge in [-0.3, -0.25) is 0 Å². The predicted octanol–water partition coefficient (Wildman–Crippen LogP) is 3.78. The van der Waals surface area contributed by atoms with E-state index in [9.17, 15) is 4.79 Å². The number of carbonyl (C=O) groups is 1. The molecule has 1 aliphatic carbocycles. The van der Waals surface area contributed by atoms with Crippen LogP contribution in [0.4, 0.5) is 5.69 Å². The van der Waals surface area contributed by atoms with Crippen LogP contribution in [-0.2, 0) is 9.53 Å². The molecule has 1 saturated carbocycles. The van der Waals surface area contributed by atoms with E-state index in [1.165, 1.54) is 26.4 Å². The Hall–Kier alpha value is -1.77. The van der Waals surface area contributed by atoms with Crippen LogP contribution < -0.4 is 5.32 Å². The third-order valence-electron chi connectivity index (χ3n) is 4.04. The van der Waals surface area contributed by atoms with Gasteiger partial charge in [0, 0.05) is 5.69 Å². The smallest absolute Gasteiger partial charge is 0.335 e. The normalized spacial score (nSPS) is 17.2. The van der Waals surface area contributed by atoms with Crippen molar-refractivity contribution in [1.82, 2.24) is 0 Å². The summed E-state index contributed by atoms with van der Waals surface area (Å²) < 4.78 is 4.84. The molecule has 0 spiro atoms. The Balaban J connectivity index is 2.14. The first-order valence-corrected chi connectivity index (χ1v) is 7.31. The van der Waals surface area contributed by atoms with E-state index in [0.29, 0.717) is 11.5 Å². The van der Waals surface area contributed by atoms with Crippen LogP contribution in [0.1, 0.15) is 32.1 Å². The number of anilines is 1. The van der Waals surface area contributed by atoms with Crippen LogP contribution in [0.15, 0.2) is 42.5 Å². The molecule has 1 aromatic carbocycles. The molecule has 3 heteroatoms. The topological polar surface area (TPSA) is 38.3 Å². The third-order valence-corrected chi connectivity index (χ3v) is 4.04. The van der Waals surface area contributed by atoms with Crippen LogP contribution in [0.2, 0.25) is 0 Å². The molecule has 1 aromatic rings. The van der Waals surface area contributed by atoms with Gasteiger partial charge in [0.25, 0.3) is 0 Å². The highest BCUT2D eigenvalue weighted by molar-refractivity contribution is 5.89. The lowest BCUT2D eigenvalue weighted by molar-refractivity contribution is -0.136. The molecule has 3 nitrogen and oxygen atoms in total. The maximum Gasteiger partial charge on any atom is 0.335 e. The van der Waals surface area contributed by atoms with Crippen molar-refractivity contribution in [2.24, 2.45) is 5.92 Å². The highest BCUT2D eigenvalue weighted by atomic mass is 16.5. The Labute approximate surface area is 121 Å². The predicted molar refractivity (Wildman–Crippen MR) is 81.6 cm³/mol. The van der Waals surface area contributed by atoms with E-state index >= 15 is 0 Å². The van der Waals surface area contributed by atoms with Crippen LogP contribution >= 0.6 is 0 Å². The van der Waals surface area contributed by atoms with Crippen molar-refractivity contribution >= 4 is 11.7 Å². The third kappa shape index (κ3) is 3.62. The highest BCUT2D eigenvalue weighted by Gasteiger charge is 2.29. The van der Waals surface area contributed by atoms with Crippen molar-refractivity contribution in [3.05, 3.63) is 42.5 Å². The van der Waals surface area contributed by atoms with Crippen molar-refractivity contribution in [1.29, 1.82) is 0 Å². The second kappa shape index (κ2) is 7.13. The van der Waals surface area contributed by atoms with E-state index in [-0.39, 0.29) is 12.0 Å². The quantitative estimate of drug-likeness (QED) is 0.655. The van der Waals surface area contributed by atoms with Crippen LogP contribution in [0, 0.1) is 5.92 Å². The Morgan fingerprint density at radius 2 is 1.90 bits per heavy atom. The fourth-order valence-corrected chi connectivity index (χ4v) is 2.93. The maximum atomic E-state index is 11.8. The van der Waals surface area contributed by atoms with Gasteiger partial charge in [0.15, 0.2) is 0 Å². The Bertz CT molecular complexity index is 449. The summed E-state index contributed by atoms with van der Waals surface area (Å²) in [6.07, 6.45) is 6.03. The van der Waals surface area contributed by atoms with Gasteiger partial charge < -0.3 is 10.1 Å². The molecule has 0 saturated heterocycles. The summed E-state index contributed by atoms with van der Waals surface area (Å²) in [5, 5.41) is 3.46. The van der Waals surface area contributed by atoms with Gasteiger partial charge in [-0.05, 0) is 30.9 Å². The number of hydrogen-bond acceptors (Lipinski definition) is 3. The Morgan fingerprint density at radius 1 is 1.25 bits per heavy atom. The number of esters is 1. The minimum Gasteiger partial charge on any atom is -0.466 e. The zero-order valence-electron chi connectivity index (χ0n) is 12.1.